The lowest BCUT2D eigenvalue weighted by Crippen LogP contribution is -2.21. The molecule has 2 aromatic carbocycles. The van der Waals surface area contributed by atoms with Crippen LogP contribution in [0.15, 0.2) is 41.4 Å². The maximum atomic E-state index is 13.1. The first-order chi connectivity index (χ1) is 12.4. The fraction of sp³-hybridized carbons (Fsp3) is 0.263. The molecule has 0 fully saturated rings. The van der Waals surface area contributed by atoms with E-state index in [1.807, 2.05) is 19.9 Å². The molecule has 2 rings (SSSR count). The van der Waals surface area contributed by atoms with Gasteiger partial charge in [-0.3, -0.25) is 9.79 Å². The normalized spacial score (nSPS) is 10.9. The number of aliphatic imine (C=N–C) groups is 1. The number of nitrogens with zero attached hydrogens (tertiary/aromatic N) is 2. The smallest absolute Gasteiger partial charge is 0.246 e. The first kappa shape index (κ1) is 19.4. The second-order valence-electron chi connectivity index (χ2n) is 5.56. The van der Waals surface area contributed by atoms with Crippen LogP contribution < -0.4 is 10.2 Å². The number of nitrogens with one attached hydrogen (secondary N) is 1. The molecule has 0 bridgehead atoms. The van der Waals surface area contributed by atoms with Gasteiger partial charge in [-0.05, 0) is 38.1 Å². The summed E-state index contributed by atoms with van der Waals surface area (Å²) in [6, 6.07) is 8.33. The van der Waals surface area contributed by atoms with Crippen molar-refractivity contribution < 1.29 is 18.7 Å². The van der Waals surface area contributed by atoms with Gasteiger partial charge in [-0.1, -0.05) is 0 Å². The number of anilines is 2. The first-order valence-corrected chi connectivity index (χ1v) is 8.27. The number of hydrogen-bond donors (Lipinski definition) is 2. The van der Waals surface area contributed by atoms with Gasteiger partial charge in [-0.15, -0.1) is 0 Å². The van der Waals surface area contributed by atoms with Crippen molar-refractivity contribution >= 4 is 23.5 Å². The highest BCUT2D eigenvalue weighted by Crippen LogP contribution is 2.23. The van der Waals surface area contributed by atoms with Gasteiger partial charge in [-0.25, -0.2) is 8.78 Å². The van der Waals surface area contributed by atoms with Crippen LogP contribution >= 0.6 is 0 Å². The van der Waals surface area contributed by atoms with Crippen molar-refractivity contribution in [3.63, 3.8) is 0 Å². The van der Waals surface area contributed by atoms with Crippen molar-refractivity contribution in [2.75, 3.05) is 29.9 Å². The lowest BCUT2D eigenvalue weighted by Gasteiger charge is -2.21. The maximum absolute atomic E-state index is 13.1. The summed E-state index contributed by atoms with van der Waals surface area (Å²) in [6.45, 7) is 5.50. The first-order valence-electron chi connectivity index (χ1n) is 8.27. The number of phenols is 1. The Hall–Kier alpha value is -2.96. The van der Waals surface area contributed by atoms with Crippen molar-refractivity contribution in [3.8, 4) is 5.75 Å². The second kappa shape index (κ2) is 8.94. The Balaban J connectivity index is 1.97. The van der Waals surface area contributed by atoms with Crippen LogP contribution in [0.1, 0.15) is 19.4 Å². The van der Waals surface area contributed by atoms with Crippen molar-refractivity contribution in [1.29, 1.82) is 0 Å². The zero-order valence-corrected chi connectivity index (χ0v) is 14.7. The average Bonchev–Trinajstić information content (AvgIpc) is 2.61. The van der Waals surface area contributed by atoms with E-state index in [4.69, 9.17) is 0 Å². The molecular formula is C19H21F2N3O2. The Kier molecular flexibility index (Phi) is 6.66. The van der Waals surface area contributed by atoms with E-state index in [1.54, 1.807) is 12.1 Å². The van der Waals surface area contributed by atoms with Crippen LogP contribution in [0.2, 0.25) is 0 Å². The lowest BCUT2D eigenvalue weighted by molar-refractivity contribution is -0.114. The lowest BCUT2D eigenvalue weighted by atomic mass is 10.2. The second-order valence-corrected chi connectivity index (χ2v) is 5.56. The van der Waals surface area contributed by atoms with Crippen molar-refractivity contribution in [2.45, 2.75) is 13.8 Å². The molecule has 0 aliphatic heterocycles. The zero-order valence-electron chi connectivity index (χ0n) is 14.7. The molecule has 0 spiro atoms. The van der Waals surface area contributed by atoms with E-state index in [-0.39, 0.29) is 18.0 Å². The highest BCUT2D eigenvalue weighted by atomic mass is 19.2. The standard InChI is InChI=1S/C19H21F2N3O2/c1-3-24(4-2)15-7-5-13(18(25)10-15)11-22-12-19(26)23-14-6-8-16(20)17(21)9-14/h5-11,25H,3-4,12H2,1-2H3,(H,23,26). The number of carbonyl (C=O) groups is 1. The zero-order chi connectivity index (χ0) is 19.1. The molecule has 1 amide bonds. The number of aromatic hydroxyl groups is 1. The predicted molar refractivity (Wildman–Crippen MR) is 99.1 cm³/mol. The fourth-order valence-corrected chi connectivity index (χ4v) is 2.43. The van der Waals surface area contributed by atoms with E-state index in [1.165, 1.54) is 12.3 Å². The summed E-state index contributed by atoms with van der Waals surface area (Å²) >= 11 is 0. The molecular weight excluding hydrogens is 340 g/mol. The molecule has 0 atom stereocenters. The van der Waals surface area contributed by atoms with Gasteiger partial charge in [0.15, 0.2) is 11.6 Å². The maximum Gasteiger partial charge on any atom is 0.246 e. The molecule has 26 heavy (non-hydrogen) atoms. The molecule has 0 radical (unpaired) electrons. The summed E-state index contributed by atoms with van der Waals surface area (Å²) in [4.78, 5) is 17.9. The summed E-state index contributed by atoms with van der Waals surface area (Å²) in [6.07, 6.45) is 1.40. The van der Waals surface area contributed by atoms with Gasteiger partial charge >= 0.3 is 0 Å². The third kappa shape index (κ3) is 5.02. The van der Waals surface area contributed by atoms with Crippen LogP contribution in [0.4, 0.5) is 20.2 Å². The fourth-order valence-electron chi connectivity index (χ4n) is 2.43. The molecule has 0 aliphatic rings. The van der Waals surface area contributed by atoms with Crippen molar-refractivity contribution in [1.82, 2.24) is 0 Å². The van der Waals surface area contributed by atoms with Gasteiger partial charge in [0.05, 0.1) is 0 Å². The summed E-state index contributed by atoms with van der Waals surface area (Å²) in [5.74, 6) is -2.43. The van der Waals surface area contributed by atoms with Gasteiger partial charge < -0.3 is 15.3 Å². The predicted octanol–water partition coefficient (Wildman–Crippen LogP) is 3.57. The van der Waals surface area contributed by atoms with Gasteiger partial charge in [0.2, 0.25) is 5.91 Å². The topological polar surface area (TPSA) is 64.9 Å². The number of amides is 1. The molecule has 2 N–H and O–H groups in total. The molecule has 7 heteroatoms. The molecule has 2 aromatic rings. The van der Waals surface area contributed by atoms with Gasteiger partial charge in [-0.2, -0.15) is 0 Å². The molecule has 138 valence electrons. The molecule has 0 aromatic heterocycles. The van der Waals surface area contributed by atoms with E-state index >= 15 is 0 Å². The van der Waals surface area contributed by atoms with E-state index in [9.17, 15) is 18.7 Å². The van der Waals surface area contributed by atoms with Crippen LogP contribution in [0.3, 0.4) is 0 Å². The van der Waals surface area contributed by atoms with Crippen LogP contribution in [-0.4, -0.2) is 36.9 Å². The number of carbonyl (C=O) groups excluding carboxylic acids is 1. The number of phenolic OH excluding ortho intramolecular Hbond substituents is 1. The SMILES string of the molecule is CCN(CC)c1ccc(C=NCC(=O)Nc2ccc(F)c(F)c2)c(O)c1. The number of halogens is 2. The van der Waals surface area contributed by atoms with Gasteiger partial charge in [0.1, 0.15) is 12.3 Å². The Bertz CT molecular complexity index is 805. The highest BCUT2D eigenvalue weighted by molar-refractivity contribution is 5.94. The minimum absolute atomic E-state index is 0.0687. The summed E-state index contributed by atoms with van der Waals surface area (Å²) in [7, 11) is 0. The van der Waals surface area contributed by atoms with E-state index < -0.39 is 17.5 Å². The van der Waals surface area contributed by atoms with Crippen molar-refractivity contribution in [2.24, 2.45) is 4.99 Å². The quantitative estimate of drug-likeness (QED) is 0.741. The Morgan fingerprint density at radius 1 is 1.15 bits per heavy atom. The minimum Gasteiger partial charge on any atom is -0.507 e. The monoisotopic (exact) mass is 361 g/mol. The van der Waals surface area contributed by atoms with E-state index in [2.05, 4.69) is 15.2 Å². The molecule has 0 saturated heterocycles. The summed E-state index contributed by atoms with van der Waals surface area (Å²) in [5.41, 5.74) is 1.54. The number of hydrogen-bond acceptors (Lipinski definition) is 4. The van der Waals surface area contributed by atoms with Crippen LogP contribution in [0.25, 0.3) is 0 Å². The average molecular weight is 361 g/mol. The van der Waals surface area contributed by atoms with E-state index in [0.29, 0.717) is 5.56 Å². The molecule has 0 saturated carbocycles. The summed E-state index contributed by atoms with van der Waals surface area (Å²) in [5, 5.41) is 12.5. The van der Waals surface area contributed by atoms with E-state index in [0.717, 1.165) is 30.9 Å². The van der Waals surface area contributed by atoms with Crippen LogP contribution in [0, 0.1) is 11.6 Å². The van der Waals surface area contributed by atoms with Crippen molar-refractivity contribution in [3.05, 3.63) is 53.6 Å². The minimum atomic E-state index is -1.04. The molecule has 0 heterocycles. The van der Waals surface area contributed by atoms with Gasteiger partial charge in [0.25, 0.3) is 0 Å². The molecule has 5 nitrogen and oxygen atoms in total. The Labute approximate surface area is 151 Å². The Morgan fingerprint density at radius 3 is 2.50 bits per heavy atom. The third-order valence-corrected chi connectivity index (χ3v) is 3.81. The molecule has 0 aliphatic carbocycles. The highest BCUT2D eigenvalue weighted by Gasteiger charge is 2.07. The largest absolute Gasteiger partial charge is 0.507 e. The molecule has 0 unspecified atom stereocenters. The Morgan fingerprint density at radius 2 is 1.88 bits per heavy atom. The summed E-state index contributed by atoms with van der Waals surface area (Å²) < 4.78 is 26.0. The third-order valence-electron chi connectivity index (χ3n) is 3.81. The number of rotatable bonds is 7. The number of benzene rings is 2. The van der Waals surface area contributed by atoms with Crippen LogP contribution in [-0.2, 0) is 4.79 Å². The van der Waals surface area contributed by atoms with Gasteiger partial charge in [0, 0.05) is 48.4 Å². The van der Waals surface area contributed by atoms with Crippen LogP contribution in [0.5, 0.6) is 5.75 Å².